The Bertz CT molecular complexity index is 1700. The third-order valence-electron chi connectivity index (χ3n) is 8.97. The second kappa shape index (κ2) is 8.37. The van der Waals surface area contributed by atoms with Gasteiger partial charge in [-0.15, -0.1) is 15.7 Å². The highest BCUT2D eigenvalue weighted by Gasteiger charge is 2.69. The minimum absolute atomic E-state index is 0.0180. The average molecular weight is 592 g/mol. The van der Waals surface area contributed by atoms with Crippen molar-refractivity contribution in [2.45, 2.75) is 36.7 Å². The Hall–Kier alpha value is -2.77. The minimum Gasteiger partial charge on any atom is -0.511 e. The summed E-state index contributed by atoms with van der Waals surface area (Å²) in [4.78, 5) is 15.7. The molecule has 3 fully saturated rings. The van der Waals surface area contributed by atoms with Gasteiger partial charge in [-0.05, 0) is 71.6 Å². The van der Waals surface area contributed by atoms with E-state index in [4.69, 9.17) is 0 Å². The molecule has 3 saturated carbocycles. The molecule has 13 heteroatoms. The van der Waals surface area contributed by atoms with E-state index in [-0.39, 0.29) is 75.4 Å². The maximum absolute atomic E-state index is 14.0. The molecule has 3 aliphatic carbocycles. The van der Waals surface area contributed by atoms with E-state index in [0.717, 1.165) is 36.0 Å². The van der Waals surface area contributed by atoms with E-state index in [1.165, 1.54) is 12.1 Å². The van der Waals surface area contributed by atoms with Gasteiger partial charge in [-0.3, -0.25) is 4.79 Å². The summed E-state index contributed by atoms with van der Waals surface area (Å²) >= 11 is 1.09. The molecule has 7 rings (SSSR count). The Kier molecular flexibility index (Phi) is 5.41. The number of amides is 1. The summed E-state index contributed by atoms with van der Waals surface area (Å²) in [5.41, 5.74) is 0.930. The van der Waals surface area contributed by atoms with Crippen molar-refractivity contribution in [3.8, 4) is 0 Å². The van der Waals surface area contributed by atoms with Crippen molar-refractivity contribution < 1.29 is 31.1 Å². The summed E-state index contributed by atoms with van der Waals surface area (Å²) in [5.74, 6) is -0.223. The number of aryl methyl sites for hydroxylation is 1. The molecule has 0 radical (unpaired) electrons. The number of hydrogen-bond acceptors (Lipinski definition) is 8. The van der Waals surface area contributed by atoms with Crippen LogP contribution in [0.3, 0.4) is 0 Å². The molecule has 0 saturated heterocycles. The number of carbonyl (C=O) groups is 1. The number of nitrogens with one attached hydrogen (secondary N) is 1. The summed E-state index contributed by atoms with van der Waals surface area (Å²) in [6, 6.07) is 5.72. The first-order chi connectivity index (χ1) is 18.4. The number of nitrogens with zero attached hydrogens (tertiary/aromatic N) is 2. The maximum Gasteiger partial charge on any atom is 0.287 e. The molecule has 9 nitrogen and oxygen atoms in total. The number of sulfone groups is 1. The van der Waals surface area contributed by atoms with Crippen molar-refractivity contribution in [3.63, 3.8) is 0 Å². The van der Waals surface area contributed by atoms with E-state index in [2.05, 4.69) is 9.71 Å². The standard InChI is InChI=1S/C26H26FN3O6S3/c1-38(33,34)7-6-13-11-37-25-23(13)39(35,36)29-24(28-25)20-22(31)19-17-9-18(16-8-15(16)17)21(19)30(26(20)32)10-12-2-4-14(27)5-3-12/h2-5,11,15-19,21,31H,6-10H2,1H3,(H,28,29). The molecule has 39 heavy (non-hydrogen) atoms. The number of rotatable bonds is 6. The number of halogens is 1. The molecule has 0 spiro atoms. The Morgan fingerprint density at radius 2 is 1.85 bits per heavy atom. The fraction of sp³-hybridized carbons (Fsp3) is 0.462. The van der Waals surface area contributed by atoms with E-state index in [9.17, 15) is 31.1 Å². The number of anilines is 1. The molecule has 2 aromatic rings. The lowest BCUT2D eigenvalue weighted by molar-refractivity contribution is -0.134. The zero-order valence-electron chi connectivity index (χ0n) is 20.9. The topological polar surface area (TPSA) is 133 Å². The molecule has 6 unspecified atom stereocenters. The van der Waals surface area contributed by atoms with E-state index >= 15 is 0 Å². The highest BCUT2D eigenvalue weighted by Crippen LogP contribution is 2.70. The van der Waals surface area contributed by atoms with Crippen molar-refractivity contribution >= 4 is 47.9 Å². The normalized spacial score (nSPS) is 31.9. The first-order valence-electron chi connectivity index (χ1n) is 12.8. The zero-order valence-corrected chi connectivity index (χ0v) is 23.3. The average Bonchev–Trinajstić information content (AvgIpc) is 3.22. The van der Waals surface area contributed by atoms with Gasteiger partial charge in [0.05, 0.1) is 5.75 Å². The van der Waals surface area contributed by atoms with Crippen molar-refractivity contribution in [2.24, 2.45) is 34.0 Å². The van der Waals surface area contributed by atoms with Crippen LogP contribution in [-0.4, -0.2) is 56.6 Å². The van der Waals surface area contributed by atoms with Crippen molar-refractivity contribution in [2.75, 3.05) is 17.3 Å². The van der Waals surface area contributed by atoms with Crippen LogP contribution in [0.25, 0.3) is 0 Å². The summed E-state index contributed by atoms with van der Waals surface area (Å²) in [6.45, 7) is 0.206. The molecule has 6 atom stereocenters. The van der Waals surface area contributed by atoms with E-state index < -0.39 is 25.8 Å². The van der Waals surface area contributed by atoms with Gasteiger partial charge in [0.2, 0.25) is 0 Å². The van der Waals surface area contributed by atoms with Crippen LogP contribution in [0.15, 0.2) is 50.3 Å². The lowest BCUT2D eigenvalue weighted by atomic mass is 9.77. The van der Waals surface area contributed by atoms with Crippen LogP contribution in [0.5, 0.6) is 0 Å². The van der Waals surface area contributed by atoms with Gasteiger partial charge >= 0.3 is 0 Å². The third kappa shape index (κ3) is 3.95. The zero-order chi connectivity index (χ0) is 27.4. The lowest BCUT2D eigenvalue weighted by Crippen LogP contribution is -2.54. The highest BCUT2D eigenvalue weighted by atomic mass is 32.2. The van der Waals surface area contributed by atoms with Crippen molar-refractivity contribution in [3.05, 3.63) is 57.9 Å². The van der Waals surface area contributed by atoms with Gasteiger partial charge in [0, 0.05) is 24.8 Å². The summed E-state index contributed by atoms with van der Waals surface area (Å²) in [6.07, 6.45) is 3.09. The second-order valence-corrected chi connectivity index (χ2v) is 16.0. The van der Waals surface area contributed by atoms with Crippen molar-refractivity contribution in [1.82, 2.24) is 4.90 Å². The number of carbonyl (C=O) groups excluding carboxylic acids is 1. The van der Waals surface area contributed by atoms with E-state index in [1.807, 2.05) is 0 Å². The first kappa shape index (κ1) is 25.2. The van der Waals surface area contributed by atoms with Gasteiger partial charge in [0.25, 0.3) is 15.9 Å². The summed E-state index contributed by atoms with van der Waals surface area (Å²) in [5, 5.41) is 16.3. The number of sulfonamides is 1. The van der Waals surface area contributed by atoms with E-state index in [0.29, 0.717) is 17.4 Å². The fourth-order valence-electron chi connectivity index (χ4n) is 7.36. The number of aliphatic hydroxyl groups is 1. The lowest BCUT2D eigenvalue weighted by Gasteiger charge is -2.44. The third-order valence-corrected chi connectivity index (χ3v) is 12.4. The second-order valence-electron chi connectivity index (χ2n) is 11.3. The molecule has 5 aliphatic rings. The summed E-state index contributed by atoms with van der Waals surface area (Å²) in [7, 11) is -7.59. The van der Waals surface area contributed by atoms with Gasteiger partial charge in [0.1, 0.15) is 36.9 Å². The van der Waals surface area contributed by atoms with Crippen molar-refractivity contribution in [1.29, 1.82) is 0 Å². The number of benzene rings is 1. The van der Waals surface area contributed by atoms with Crippen LogP contribution in [0.4, 0.5) is 9.39 Å². The highest BCUT2D eigenvalue weighted by molar-refractivity contribution is 7.91. The van der Waals surface area contributed by atoms with Crippen LogP contribution in [-0.2, 0) is 37.6 Å². The number of aliphatic hydroxyl groups excluding tert-OH is 1. The molecule has 1 amide bonds. The first-order valence-corrected chi connectivity index (χ1v) is 17.2. The smallest absolute Gasteiger partial charge is 0.287 e. The molecule has 206 valence electrons. The molecule has 2 aliphatic heterocycles. The number of fused-ring (bicyclic) bond motifs is 9. The van der Waals surface area contributed by atoms with Gasteiger partial charge in [-0.25, -0.2) is 12.8 Å². The molecule has 2 N–H and O–H groups in total. The molecule has 2 bridgehead atoms. The molecular formula is C26H26FN3O6S3. The predicted octanol–water partition coefficient (Wildman–Crippen LogP) is 3.11. The van der Waals surface area contributed by atoms with Crippen LogP contribution in [0.1, 0.15) is 24.0 Å². The Morgan fingerprint density at radius 1 is 1.15 bits per heavy atom. The molecule has 1 aromatic carbocycles. The minimum atomic E-state index is -4.28. The monoisotopic (exact) mass is 591 g/mol. The Balaban J connectivity index is 1.28. The molecule has 1 aromatic heterocycles. The maximum atomic E-state index is 14.0. The Labute approximate surface area is 229 Å². The van der Waals surface area contributed by atoms with Gasteiger partial charge in [-0.1, -0.05) is 12.1 Å². The predicted molar refractivity (Wildman–Crippen MR) is 143 cm³/mol. The number of thiophene rings is 1. The fourth-order valence-corrected chi connectivity index (χ4v) is 10.6. The Morgan fingerprint density at radius 3 is 2.56 bits per heavy atom. The van der Waals surface area contributed by atoms with Crippen LogP contribution in [0, 0.1) is 35.4 Å². The number of hydrogen-bond donors (Lipinski definition) is 2. The SMILES string of the molecule is CS(=O)(=O)CCc1csc2c1S(=O)(=O)N=C(C1=C(O)C3C4CC(C5CC54)C3N(Cc3ccc(F)cc3)C1=O)N2. The van der Waals surface area contributed by atoms with Gasteiger partial charge < -0.3 is 15.3 Å². The largest absolute Gasteiger partial charge is 0.511 e. The molecule has 3 heterocycles. The quantitative estimate of drug-likeness (QED) is 0.527. The van der Waals surface area contributed by atoms with Gasteiger partial charge in [0.15, 0.2) is 5.84 Å². The van der Waals surface area contributed by atoms with E-state index in [1.54, 1.807) is 22.4 Å². The number of amidine groups is 1. The van der Waals surface area contributed by atoms with Crippen LogP contribution in [0.2, 0.25) is 0 Å². The van der Waals surface area contributed by atoms with Crippen LogP contribution < -0.4 is 5.32 Å². The summed E-state index contributed by atoms with van der Waals surface area (Å²) < 4.78 is 67.5. The molecular weight excluding hydrogens is 566 g/mol. The van der Waals surface area contributed by atoms with Gasteiger partial charge in [-0.2, -0.15) is 8.42 Å². The van der Waals surface area contributed by atoms with Crippen LogP contribution >= 0.6 is 11.3 Å².